The van der Waals surface area contributed by atoms with Crippen LogP contribution in [0.5, 0.6) is 0 Å². The zero-order chi connectivity index (χ0) is 16.8. The normalized spacial score (nSPS) is 12.5. The topological polar surface area (TPSA) is 80.4 Å². The Labute approximate surface area is 142 Å². The van der Waals surface area contributed by atoms with Crippen molar-refractivity contribution in [3.05, 3.63) is 70.8 Å². The zero-order valence-electron chi connectivity index (χ0n) is 12.6. The molecule has 5 heteroatoms. The van der Waals surface area contributed by atoms with Gasteiger partial charge in [-0.1, -0.05) is 42.1 Å². The fraction of sp³-hybridized carbons (Fsp3) is 0.0526. The molecule has 0 fully saturated rings. The van der Waals surface area contributed by atoms with E-state index in [2.05, 4.69) is 12.1 Å². The summed E-state index contributed by atoms with van der Waals surface area (Å²) in [6, 6.07) is 15.2. The highest BCUT2D eigenvalue weighted by molar-refractivity contribution is 7.99. The van der Waals surface area contributed by atoms with E-state index in [9.17, 15) is 14.7 Å². The molecule has 0 aromatic heterocycles. The molecule has 0 saturated heterocycles. The number of primary amides is 1. The average molecular weight is 335 g/mol. The lowest BCUT2D eigenvalue weighted by atomic mass is 9.91. The first kappa shape index (κ1) is 14.8. The van der Waals surface area contributed by atoms with E-state index >= 15 is 0 Å². The number of benzene rings is 3. The lowest BCUT2D eigenvalue weighted by Gasteiger charge is -2.22. The van der Waals surface area contributed by atoms with Crippen molar-refractivity contribution in [2.45, 2.75) is 16.2 Å². The van der Waals surface area contributed by atoms with Crippen LogP contribution in [-0.4, -0.2) is 17.0 Å². The number of hydrogen-bond acceptors (Lipinski definition) is 3. The third kappa shape index (κ3) is 2.17. The molecule has 24 heavy (non-hydrogen) atoms. The lowest BCUT2D eigenvalue weighted by molar-refractivity contribution is 0.0692. The summed E-state index contributed by atoms with van der Waals surface area (Å²) in [6.45, 7) is 0. The van der Waals surface area contributed by atoms with E-state index in [4.69, 9.17) is 5.73 Å². The molecule has 0 aliphatic carbocycles. The number of fused-ring (bicyclic) bond motifs is 4. The Kier molecular flexibility index (Phi) is 3.32. The Morgan fingerprint density at radius 1 is 1.00 bits per heavy atom. The number of carboxylic acid groups (broad SMARTS) is 1. The molecule has 4 rings (SSSR count). The van der Waals surface area contributed by atoms with Gasteiger partial charge in [0.25, 0.3) is 0 Å². The molecule has 3 N–H and O–H groups in total. The van der Waals surface area contributed by atoms with Crippen LogP contribution in [0.15, 0.2) is 58.3 Å². The number of carbonyl (C=O) groups is 2. The molecular formula is C19H13NO3S. The Hall–Kier alpha value is -2.79. The fourth-order valence-corrected chi connectivity index (χ4v) is 4.32. The van der Waals surface area contributed by atoms with Crippen LogP contribution in [-0.2, 0) is 6.42 Å². The predicted molar refractivity (Wildman–Crippen MR) is 92.8 cm³/mol. The fourth-order valence-electron chi connectivity index (χ4n) is 3.24. The van der Waals surface area contributed by atoms with E-state index in [0.29, 0.717) is 11.8 Å². The maximum atomic E-state index is 12.0. The largest absolute Gasteiger partial charge is 0.478 e. The second kappa shape index (κ2) is 5.39. The Balaban J connectivity index is 2.07. The van der Waals surface area contributed by atoms with Crippen molar-refractivity contribution in [3.63, 3.8) is 0 Å². The summed E-state index contributed by atoms with van der Waals surface area (Å²) in [7, 11) is 0. The van der Waals surface area contributed by atoms with Crippen LogP contribution in [0.25, 0.3) is 10.8 Å². The number of carboxylic acids is 1. The standard InChI is InChI=1S/C19H13NO3S/c20-18(21)17-12(19(22)23)7-5-10-6-8-15-13(16(10)17)9-11-3-1-2-4-14(11)24-15/h1-8H,9H2,(H2,20,21)(H,22,23). The molecule has 1 heterocycles. The first-order valence-electron chi connectivity index (χ1n) is 7.43. The van der Waals surface area contributed by atoms with Crippen molar-refractivity contribution in [2.24, 2.45) is 5.73 Å². The van der Waals surface area contributed by atoms with Gasteiger partial charge in [-0.3, -0.25) is 4.79 Å². The summed E-state index contributed by atoms with van der Waals surface area (Å²) >= 11 is 1.63. The van der Waals surface area contributed by atoms with Gasteiger partial charge in [-0.05, 0) is 40.1 Å². The molecule has 4 nitrogen and oxygen atoms in total. The van der Waals surface area contributed by atoms with Crippen molar-refractivity contribution in [1.29, 1.82) is 0 Å². The van der Waals surface area contributed by atoms with Crippen LogP contribution < -0.4 is 5.73 Å². The summed E-state index contributed by atoms with van der Waals surface area (Å²) in [5.74, 6) is -1.86. The van der Waals surface area contributed by atoms with Crippen LogP contribution in [0, 0.1) is 0 Å². The number of nitrogens with two attached hydrogens (primary N) is 1. The van der Waals surface area contributed by atoms with Gasteiger partial charge in [-0.15, -0.1) is 0 Å². The van der Waals surface area contributed by atoms with Crippen molar-refractivity contribution < 1.29 is 14.7 Å². The first-order chi connectivity index (χ1) is 11.6. The number of aromatic carboxylic acids is 1. The Morgan fingerprint density at radius 3 is 2.50 bits per heavy atom. The third-order valence-corrected chi connectivity index (χ3v) is 5.51. The molecule has 1 aliphatic heterocycles. The third-order valence-electron chi connectivity index (χ3n) is 4.29. The van der Waals surface area contributed by atoms with Crippen LogP contribution >= 0.6 is 11.8 Å². The molecule has 0 bridgehead atoms. The van der Waals surface area contributed by atoms with Crippen molar-refractivity contribution in [2.75, 3.05) is 0 Å². The van der Waals surface area contributed by atoms with Gasteiger partial charge in [-0.25, -0.2) is 4.79 Å². The van der Waals surface area contributed by atoms with Crippen molar-refractivity contribution in [3.8, 4) is 0 Å². The van der Waals surface area contributed by atoms with E-state index < -0.39 is 11.9 Å². The van der Waals surface area contributed by atoms with E-state index in [1.165, 1.54) is 16.5 Å². The van der Waals surface area contributed by atoms with Gasteiger partial charge in [0.2, 0.25) is 5.91 Å². The van der Waals surface area contributed by atoms with Gasteiger partial charge in [0, 0.05) is 16.2 Å². The van der Waals surface area contributed by atoms with Gasteiger partial charge in [0.05, 0.1) is 11.1 Å². The number of rotatable bonds is 2. The van der Waals surface area contributed by atoms with Crippen LogP contribution in [0.4, 0.5) is 0 Å². The minimum absolute atomic E-state index is 0.0488. The van der Waals surface area contributed by atoms with Gasteiger partial charge < -0.3 is 10.8 Å². The molecule has 0 saturated carbocycles. The van der Waals surface area contributed by atoms with Gasteiger partial charge in [0.15, 0.2) is 0 Å². The summed E-state index contributed by atoms with van der Waals surface area (Å²) in [4.78, 5) is 25.8. The molecule has 0 spiro atoms. The minimum Gasteiger partial charge on any atom is -0.478 e. The van der Waals surface area contributed by atoms with E-state index in [0.717, 1.165) is 15.8 Å². The molecule has 3 aromatic carbocycles. The van der Waals surface area contributed by atoms with Crippen LogP contribution in [0.3, 0.4) is 0 Å². The van der Waals surface area contributed by atoms with E-state index in [1.807, 2.05) is 24.3 Å². The summed E-state index contributed by atoms with van der Waals surface area (Å²) in [5, 5.41) is 10.9. The van der Waals surface area contributed by atoms with Crippen LogP contribution in [0.2, 0.25) is 0 Å². The summed E-state index contributed by atoms with van der Waals surface area (Å²) in [6.07, 6.45) is 0.652. The molecule has 118 valence electrons. The monoisotopic (exact) mass is 335 g/mol. The highest BCUT2D eigenvalue weighted by atomic mass is 32.2. The number of carbonyl (C=O) groups excluding carboxylic acids is 1. The highest BCUT2D eigenvalue weighted by Gasteiger charge is 2.24. The minimum atomic E-state index is -1.15. The Bertz CT molecular complexity index is 1030. The van der Waals surface area contributed by atoms with Gasteiger partial charge in [0.1, 0.15) is 0 Å². The predicted octanol–water partition coefficient (Wildman–Crippen LogP) is 3.69. The summed E-state index contributed by atoms with van der Waals surface area (Å²) < 4.78 is 0. The lowest BCUT2D eigenvalue weighted by Crippen LogP contribution is -2.18. The number of amides is 1. The van der Waals surface area contributed by atoms with Crippen LogP contribution in [0.1, 0.15) is 31.8 Å². The molecule has 1 amide bonds. The maximum absolute atomic E-state index is 12.0. The maximum Gasteiger partial charge on any atom is 0.336 e. The Morgan fingerprint density at radius 2 is 1.75 bits per heavy atom. The molecule has 0 atom stereocenters. The molecular weight excluding hydrogens is 322 g/mol. The second-order valence-electron chi connectivity index (χ2n) is 5.68. The SMILES string of the molecule is NC(=O)c1c(C(=O)O)ccc2ccc3c(c12)Cc1ccccc1S3. The zero-order valence-corrected chi connectivity index (χ0v) is 13.4. The smallest absolute Gasteiger partial charge is 0.336 e. The molecule has 0 unspecified atom stereocenters. The first-order valence-corrected chi connectivity index (χ1v) is 8.25. The quantitative estimate of drug-likeness (QED) is 0.585. The molecule has 0 radical (unpaired) electrons. The van der Waals surface area contributed by atoms with Crippen molar-refractivity contribution in [1.82, 2.24) is 0 Å². The van der Waals surface area contributed by atoms with Gasteiger partial charge >= 0.3 is 5.97 Å². The van der Waals surface area contributed by atoms with Crippen molar-refractivity contribution >= 4 is 34.4 Å². The highest BCUT2D eigenvalue weighted by Crippen LogP contribution is 2.43. The van der Waals surface area contributed by atoms with Gasteiger partial charge in [-0.2, -0.15) is 0 Å². The average Bonchev–Trinajstić information content (AvgIpc) is 2.58. The molecule has 1 aliphatic rings. The summed E-state index contributed by atoms with van der Waals surface area (Å²) in [5.41, 5.74) is 7.71. The number of hydrogen-bond donors (Lipinski definition) is 2. The molecule has 3 aromatic rings. The second-order valence-corrected chi connectivity index (χ2v) is 6.77. The van der Waals surface area contributed by atoms with E-state index in [-0.39, 0.29) is 11.1 Å². The van der Waals surface area contributed by atoms with E-state index in [1.54, 1.807) is 17.8 Å².